The summed E-state index contributed by atoms with van der Waals surface area (Å²) in [4.78, 5) is 0. The highest BCUT2D eigenvalue weighted by molar-refractivity contribution is 5.81. The minimum absolute atomic E-state index is 0.540. The minimum Gasteiger partial charge on any atom is -0.489 e. The van der Waals surface area contributed by atoms with Crippen molar-refractivity contribution in [2.45, 2.75) is 6.61 Å². The molecule has 4 nitrogen and oxygen atoms in total. The van der Waals surface area contributed by atoms with Crippen molar-refractivity contribution in [2.75, 3.05) is 0 Å². The van der Waals surface area contributed by atoms with E-state index >= 15 is 0 Å². The SMILES string of the molecule is C(=N/N=C/c1ccco1)c1cccc(OCc2ccccc2)c1. The Kier molecular flexibility index (Phi) is 4.98. The second-order valence-corrected chi connectivity index (χ2v) is 4.85. The van der Waals surface area contributed by atoms with Crippen LogP contribution in [0.2, 0.25) is 0 Å². The Bertz CT molecular complexity index is 778. The van der Waals surface area contributed by atoms with E-state index in [0.29, 0.717) is 12.4 Å². The first-order valence-electron chi connectivity index (χ1n) is 7.27. The topological polar surface area (TPSA) is 47.1 Å². The highest BCUT2D eigenvalue weighted by Crippen LogP contribution is 2.14. The third-order valence-corrected chi connectivity index (χ3v) is 3.11. The van der Waals surface area contributed by atoms with Gasteiger partial charge in [-0.25, -0.2) is 0 Å². The first-order chi connectivity index (χ1) is 11.4. The van der Waals surface area contributed by atoms with E-state index in [4.69, 9.17) is 9.15 Å². The zero-order valence-corrected chi connectivity index (χ0v) is 12.5. The molecule has 0 aliphatic carbocycles. The van der Waals surface area contributed by atoms with Gasteiger partial charge in [0.05, 0.1) is 18.7 Å². The number of rotatable bonds is 6. The molecule has 0 spiro atoms. The van der Waals surface area contributed by atoms with Crippen molar-refractivity contribution in [3.63, 3.8) is 0 Å². The van der Waals surface area contributed by atoms with E-state index in [-0.39, 0.29) is 0 Å². The molecular weight excluding hydrogens is 288 g/mol. The van der Waals surface area contributed by atoms with Crippen molar-refractivity contribution in [2.24, 2.45) is 10.2 Å². The Morgan fingerprint density at radius 3 is 2.57 bits per heavy atom. The van der Waals surface area contributed by atoms with Crippen LogP contribution in [0.15, 0.2) is 87.6 Å². The Labute approximate surface area is 134 Å². The molecule has 0 N–H and O–H groups in total. The predicted molar refractivity (Wildman–Crippen MR) is 91.1 cm³/mol. The van der Waals surface area contributed by atoms with Crippen molar-refractivity contribution < 1.29 is 9.15 Å². The fourth-order valence-electron chi connectivity index (χ4n) is 1.98. The molecule has 4 heteroatoms. The molecule has 23 heavy (non-hydrogen) atoms. The molecule has 0 saturated heterocycles. The molecule has 0 saturated carbocycles. The molecule has 0 unspecified atom stereocenters. The molecule has 114 valence electrons. The smallest absolute Gasteiger partial charge is 0.146 e. The maximum absolute atomic E-state index is 5.78. The van der Waals surface area contributed by atoms with E-state index in [2.05, 4.69) is 10.2 Å². The van der Waals surface area contributed by atoms with Gasteiger partial charge in [0.2, 0.25) is 0 Å². The summed E-state index contributed by atoms with van der Waals surface area (Å²) in [6.45, 7) is 0.540. The number of nitrogens with zero attached hydrogens (tertiary/aromatic N) is 2. The number of hydrogen-bond acceptors (Lipinski definition) is 4. The van der Waals surface area contributed by atoms with Gasteiger partial charge in [-0.3, -0.25) is 0 Å². The Hall–Kier alpha value is -3.14. The summed E-state index contributed by atoms with van der Waals surface area (Å²) in [5.41, 5.74) is 2.06. The normalized spacial score (nSPS) is 11.3. The van der Waals surface area contributed by atoms with E-state index in [1.54, 1.807) is 24.8 Å². The first-order valence-corrected chi connectivity index (χ1v) is 7.27. The van der Waals surface area contributed by atoms with Crippen molar-refractivity contribution in [3.8, 4) is 5.75 Å². The summed E-state index contributed by atoms with van der Waals surface area (Å²) < 4.78 is 10.9. The van der Waals surface area contributed by atoms with Crippen molar-refractivity contribution in [1.29, 1.82) is 0 Å². The van der Waals surface area contributed by atoms with Crippen molar-refractivity contribution >= 4 is 12.4 Å². The summed E-state index contributed by atoms with van der Waals surface area (Å²) in [5, 5.41) is 7.95. The van der Waals surface area contributed by atoms with Gasteiger partial charge < -0.3 is 9.15 Å². The average Bonchev–Trinajstić information content (AvgIpc) is 3.12. The molecule has 0 bridgehead atoms. The van der Waals surface area contributed by atoms with Gasteiger partial charge in [0, 0.05) is 0 Å². The minimum atomic E-state index is 0.540. The highest BCUT2D eigenvalue weighted by Gasteiger charge is 1.96. The van der Waals surface area contributed by atoms with Gasteiger partial charge in [-0.2, -0.15) is 10.2 Å². The molecule has 1 heterocycles. The van der Waals surface area contributed by atoms with E-state index in [0.717, 1.165) is 16.9 Å². The van der Waals surface area contributed by atoms with Crippen LogP contribution in [0.5, 0.6) is 5.75 Å². The fraction of sp³-hybridized carbons (Fsp3) is 0.0526. The largest absolute Gasteiger partial charge is 0.489 e. The van der Waals surface area contributed by atoms with Crippen LogP contribution in [0.4, 0.5) is 0 Å². The molecule has 0 aliphatic rings. The lowest BCUT2D eigenvalue weighted by molar-refractivity contribution is 0.306. The van der Waals surface area contributed by atoms with Gasteiger partial charge in [-0.15, -0.1) is 0 Å². The summed E-state index contributed by atoms with van der Waals surface area (Å²) in [6, 6.07) is 21.4. The number of furan rings is 1. The Morgan fingerprint density at radius 1 is 0.870 bits per heavy atom. The Morgan fingerprint density at radius 2 is 1.74 bits per heavy atom. The molecule has 0 amide bonds. The van der Waals surface area contributed by atoms with Crippen LogP contribution in [0.1, 0.15) is 16.9 Å². The maximum atomic E-state index is 5.78. The Balaban J connectivity index is 1.58. The second-order valence-electron chi connectivity index (χ2n) is 4.85. The van der Waals surface area contributed by atoms with Gasteiger partial charge in [-0.05, 0) is 35.4 Å². The summed E-state index contributed by atoms with van der Waals surface area (Å²) >= 11 is 0. The van der Waals surface area contributed by atoms with E-state index in [9.17, 15) is 0 Å². The molecule has 0 fully saturated rings. The van der Waals surface area contributed by atoms with Gasteiger partial charge in [0.15, 0.2) is 0 Å². The number of benzene rings is 2. The number of ether oxygens (including phenoxy) is 1. The van der Waals surface area contributed by atoms with Crippen molar-refractivity contribution in [1.82, 2.24) is 0 Å². The van der Waals surface area contributed by atoms with E-state index in [1.165, 1.54) is 0 Å². The van der Waals surface area contributed by atoms with Crippen LogP contribution in [0.25, 0.3) is 0 Å². The fourth-order valence-corrected chi connectivity index (χ4v) is 1.98. The van der Waals surface area contributed by atoms with Gasteiger partial charge in [0.25, 0.3) is 0 Å². The van der Waals surface area contributed by atoms with Crippen LogP contribution >= 0.6 is 0 Å². The molecule has 2 aromatic carbocycles. The summed E-state index contributed by atoms with van der Waals surface area (Å²) in [7, 11) is 0. The maximum Gasteiger partial charge on any atom is 0.146 e. The van der Waals surface area contributed by atoms with Gasteiger partial charge in [0.1, 0.15) is 18.1 Å². The lowest BCUT2D eigenvalue weighted by Crippen LogP contribution is -1.95. The lowest BCUT2D eigenvalue weighted by Gasteiger charge is -2.06. The van der Waals surface area contributed by atoms with Crippen molar-refractivity contribution in [3.05, 3.63) is 89.9 Å². The van der Waals surface area contributed by atoms with Crippen LogP contribution in [0, 0.1) is 0 Å². The zero-order valence-electron chi connectivity index (χ0n) is 12.5. The third-order valence-electron chi connectivity index (χ3n) is 3.11. The van der Waals surface area contributed by atoms with E-state index < -0.39 is 0 Å². The summed E-state index contributed by atoms with van der Waals surface area (Å²) in [5.74, 6) is 1.47. The average molecular weight is 304 g/mol. The quantitative estimate of drug-likeness (QED) is 0.503. The molecule has 0 atom stereocenters. The lowest BCUT2D eigenvalue weighted by atomic mass is 10.2. The van der Waals surface area contributed by atoms with Crippen LogP contribution in [0.3, 0.4) is 0 Å². The summed E-state index contributed by atoms with van der Waals surface area (Å²) in [6.07, 6.45) is 4.83. The van der Waals surface area contributed by atoms with Gasteiger partial charge >= 0.3 is 0 Å². The molecule has 1 aromatic heterocycles. The van der Waals surface area contributed by atoms with Crippen LogP contribution in [-0.4, -0.2) is 12.4 Å². The molecular formula is C19H16N2O2. The second kappa shape index (κ2) is 7.75. The molecule has 3 rings (SSSR count). The monoisotopic (exact) mass is 304 g/mol. The molecule has 3 aromatic rings. The van der Waals surface area contributed by atoms with Gasteiger partial charge in [-0.1, -0.05) is 42.5 Å². The van der Waals surface area contributed by atoms with E-state index in [1.807, 2.05) is 60.7 Å². The first kappa shape index (κ1) is 14.8. The zero-order chi connectivity index (χ0) is 15.7. The standard InChI is InChI=1S/C19H16N2O2/c1-2-6-16(7-3-1)15-23-18-9-4-8-17(12-18)13-20-21-14-19-10-5-11-22-19/h1-14H,15H2/b20-13?,21-14+. The number of hydrogen-bond donors (Lipinski definition) is 0. The molecule has 0 aliphatic heterocycles. The third kappa shape index (κ3) is 4.68. The van der Waals surface area contributed by atoms with Crippen LogP contribution < -0.4 is 4.74 Å². The molecule has 0 radical (unpaired) electrons. The highest BCUT2D eigenvalue weighted by atomic mass is 16.5. The predicted octanol–water partition coefficient (Wildman–Crippen LogP) is 4.31. The van der Waals surface area contributed by atoms with Crippen LogP contribution in [-0.2, 0) is 6.61 Å².